The minimum atomic E-state index is 0.130. The smallest absolute Gasteiger partial charge is 0.0701 e. The van der Waals surface area contributed by atoms with Crippen molar-refractivity contribution in [2.45, 2.75) is 25.9 Å². The van der Waals surface area contributed by atoms with Gasteiger partial charge in [0.15, 0.2) is 0 Å². The normalized spacial score (nSPS) is 19.6. The maximum Gasteiger partial charge on any atom is 0.0701 e. The third-order valence-electron chi connectivity index (χ3n) is 2.74. The second kappa shape index (κ2) is 8.05. The summed E-state index contributed by atoms with van der Waals surface area (Å²) in [5, 5.41) is 8.64. The number of hydrogen-bond acceptors (Lipinski definition) is 4. The molecule has 1 aliphatic rings. The number of nitrogens with zero attached hydrogens (tertiary/aromatic N) is 1. The Morgan fingerprint density at radius 3 is 2.60 bits per heavy atom. The molecule has 1 aliphatic heterocycles. The van der Waals surface area contributed by atoms with E-state index in [1.165, 1.54) is 0 Å². The first kappa shape index (κ1) is 12.9. The van der Waals surface area contributed by atoms with Crippen molar-refractivity contribution in [2.75, 3.05) is 46.1 Å². The molecule has 0 aromatic carbocycles. The maximum absolute atomic E-state index is 8.64. The molecule has 0 bridgehead atoms. The molecule has 15 heavy (non-hydrogen) atoms. The van der Waals surface area contributed by atoms with Crippen molar-refractivity contribution in [1.82, 2.24) is 4.90 Å². The van der Waals surface area contributed by atoms with Gasteiger partial charge < -0.3 is 19.5 Å². The topological polar surface area (TPSA) is 41.9 Å². The van der Waals surface area contributed by atoms with Crippen molar-refractivity contribution in [3.05, 3.63) is 0 Å². The maximum atomic E-state index is 8.64. The fraction of sp³-hybridized carbons (Fsp3) is 1.00. The van der Waals surface area contributed by atoms with E-state index in [0.29, 0.717) is 12.7 Å². The van der Waals surface area contributed by atoms with Crippen LogP contribution in [-0.2, 0) is 9.47 Å². The molecule has 1 N–H and O–H groups in total. The molecule has 0 saturated carbocycles. The highest BCUT2D eigenvalue weighted by atomic mass is 16.5. The van der Waals surface area contributed by atoms with Crippen molar-refractivity contribution < 1.29 is 14.6 Å². The average Bonchev–Trinajstić information content (AvgIpc) is 2.28. The first-order chi connectivity index (χ1) is 7.36. The number of aliphatic hydroxyl groups excluding tert-OH is 1. The second-order valence-corrected chi connectivity index (χ2v) is 3.83. The lowest BCUT2D eigenvalue weighted by molar-refractivity contribution is -0.0119. The van der Waals surface area contributed by atoms with Crippen molar-refractivity contribution in [2.24, 2.45) is 0 Å². The summed E-state index contributed by atoms with van der Waals surface area (Å²) in [7, 11) is 0. The summed E-state index contributed by atoms with van der Waals surface area (Å²) < 4.78 is 10.8. The third-order valence-corrected chi connectivity index (χ3v) is 2.74. The zero-order valence-electron chi connectivity index (χ0n) is 9.65. The van der Waals surface area contributed by atoms with E-state index in [-0.39, 0.29) is 6.61 Å². The Morgan fingerprint density at radius 2 is 2.00 bits per heavy atom. The predicted octanol–water partition coefficient (Wildman–Crippen LogP) is 0.496. The largest absolute Gasteiger partial charge is 0.394 e. The van der Waals surface area contributed by atoms with Gasteiger partial charge in [0, 0.05) is 26.2 Å². The van der Waals surface area contributed by atoms with Gasteiger partial charge >= 0.3 is 0 Å². The van der Waals surface area contributed by atoms with Crippen LogP contribution in [0.5, 0.6) is 0 Å². The zero-order chi connectivity index (χ0) is 10.9. The number of aliphatic hydroxyl groups is 1. The van der Waals surface area contributed by atoms with Crippen LogP contribution in [0.25, 0.3) is 0 Å². The van der Waals surface area contributed by atoms with Gasteiger partial charge in [0.05, 0.1) is 25.9 Å². The van der Waals surface area contributed by atoms with Gasteiger partial charge in [0.2, 0.25) is 0 Å². The quantitative estimate of drug-likeness (QED) is 0.630. The van der Waals surface area contributed by atoms with Gasteiger partial charge in [0.25, 0.3) is 0 Å². The summed E-state index contributed by atoms with van der Waals surface area (Å²) >= 11 is 0. The molecule has 1 saturated heterocycles. The van der Waals surface area contributed by atoms with Crippen LogP contribution in [0.3, 0.4) is 0 Å². The SMILES string of the molecule is CCOCCN1CCC(OCCO)CC1. The Bertz CT molecular complexity index is 147. The fourth-order valence-corrected chi connectivity index (χ4v) is 1.86. The van der Waals surface area contributed by atoms with Crippen LogP contribution in [0.2, 0.25) is 0 Å². The number of rotatable bonds is 7. The summed E-state index contributed by atoms with van der Waals surface area (Å²) in [5.41, 5.74) is 0. The molecule has 0 unspecified atom stereocenters. The molecule has 0 spiro atoms. The van der Waals surface area contributed by atoms with Crippen LogP contribution in [0.4, 0.5) is 0 Å². The predicted molar refractivity (Wildman–Crippen MR) is 59.0 cm³/mol. The molecule has 1 fully saturated rings. The highest BCUT2D eigenvalue weighted by Crippen LogP contribution is 2.12. The van der Waals surface area contributed by atoms with Gasteiger partial charge in [-0.05, 0) is 19.8 Å². The summed E-state index contributed by atoms with van der Waals surface area (Å²) in [5.74, 6) is 0. The van der Waals surface area contributed by atoms with Crippen LogP contribution >= 0.6 is 0 Å². The molecule has 0 aromatic heterocycles. The molecule has 0 radical (unpaired) electrons. The standard InChI is InChI=1S/C11H23NO3/c1-2-14-9-7-12-5-3-11(4-6-12)15-10-8-13/h11,13H,2-10H2,1H3. The molecule has 1 rings (SSSR count). The molecular weight excluding hydrogens is 194 g/mol. The Labute approximate surface area is 92.2 Å². The van der Waals surface area contributed by atoms with Crippen LogP contribution in [-0.4, -0.2) is 62.2 Å². The van der Waals surface area contributed by atoms with Gasteiger partial charge in [-0.25, -0.2) is 0 Å². The molecule has 4 heteroatoms. The highest BCUT2D eigenvalue weighted by Gasteiger charge is 2.18. The minimum Gasteiger partial charge on any atom is -0.394 e. The van der Waals surface area contributed by atoms with Gasteiger partial charge in [-0.3, -0.25) is 0 Å². The summed E-state index contributed by atoms with van der Waals surface area (Å²) in [6.07, 6.45) is 2.50. The van der Waals surface area contributed by atoms with E-state index in [9.17, 15) is 0 Å². The van der Waals surface area contributed by atoms with E-state index >= 15 is 0 Å². The molecule has 4 nitrogen and oxygen atoms in total. The Kier molecular flexibility index (Phi) is 6.92. The zero-order valence-corrected chi connectivity index (χ0v) is 9.65. The van der Waals surface area contributed by atoms with Crippen LogP contribution < -0.4 is 0 Å². The number of likely N-dealkylation sites (tertiary alicyclic amines) is 1. The molecule has 0 aliphatic carbocycles. The van der Waals surface area contributed by atoms with Gasteiger partial charge in [-0.2, -0.15) is 0 Å². The van der Waals surface area contributed by atoms with E-state index in [4.69, 9.17) is 14.6 Å². The van der Waals surface area contributed by atoms with Crippen LogP contribution in [0.1, 0.15) is 19.8 Å². The molecule has 0 amide bonds. The summed E-state index contributed by atoms with van der Waals surface area (Å²) in [6.45, 7) is 7.46. The van der Waals surface area contributed by atoms with E-state index in [1.807, 2.05) is 6.92 Å². The summed E-state index contributed by atoms with van der Waals surface area (Å²) in [6, 6.07) is 0. The molecule has 90 valence electrons. The van der Waals surface area contributed by atoms with E-state index in [0.717, 1.165) is 45.7 Å². The molecule has 0 atom stereocenters. The molecule has 0 aromatic rings. The van der Waals surface area contributed by atoms with E-state index < -0.39 is 0 Å². The lowest BCUT2D eigenvalue weighted by Crippen LogP contribution is -2.39. The van der Waals surface area contributed by atoms with Crippen molar-refractivity contribution >= 4 is 0 Å². The number of ether oxygens (including phenoxy) is 2. The van der Waals surface area contributed by atoms with Gasteiger partial charge in [0.1, 0.15) is 0 Å². The minimum absolute atomic E-state index is 0.130. The lowest BCUT2D eigenvalue weighted by atomic mass is 10.1. The first-order valence-electron chi connectivity index (χ1n) is 5.89. The second-order valence-electron chi connectivity index (χ2n) is 3.83. The van der Waals surface area contributed by atoms with Gasteiger partial charge in [-0.1, -0.05) is 0 Å². The van der Waals surface area contributed by atoms with E-state index in [2.05, 4.69) is 4.90 Å². The van der Waals surface area contributed by atoms with Crippen molar-refractivity contribution in [3.8, 4) is 0 Å². The number of hydrogen-bond donors (Lipinski definition) is 1. The van der Waals surface area contributed by atoms with Crippen LogP contribution in [0, 0.1) is 0 Å². The lowest BCUT2D eigenvalue weighted by Gasteiger charge is -2.31. The highest BCUT2D eigenvalue weighted by molar-refractivity contribution is 4.72. The van der Waals surface area contributed by atoms with Crippen LogP contribution in [0.15, 0.2) is 0 Å². The third kappa shape index (κ3) is 5.47. The molecular formula is C11H23NO3. The summed E-state index contributed by atoms with van der Waals surface area (Å²) in [4.78, 5) is 2.41. The van der Waals surface area contributed by atoms with Crippen molar-refractivity contribution in [1.29, 1.82) is 0 Å². The van der Waals surface area contributed by atoms with Crippen molar-refractivity contribution in [3.63, 3.8) is 0 Å². The average molecular weight is 217 g/mol. The molecule has 1 heterocycles. The fourth-order valence-electron chi connectivity index (χ4n) is 1.86. The Balaban J connectivity index is 2.02. The Morgan fingerprint density at radius 1 is 1.27 bits per heavy atom. The van der Waals surface area contributed by atoms with Gasteiger partial charge in [-0.15, -0.1) is 0 Å². The number of piperidine rings is 1. The monoisotopic (exact) mass is 217 g/mol. The van der Waals surface area contributed by atoms with E-state index in [1.54, 1.807) is 0 Å². The Hall–Kier alpha value is -0.160. The first-order valence-corrected chi connectivity index (χ1v) is 5.89.